The van der Waals surface area contributed by atoms with Gasteiger partial charge in [0.05, 0.1) is 31.5 Å². The molecule has 3 amide bonds. The van der Waals surface area contributed by atoms with E-state index in [4.69, 9.17) is 9.47 Å². The number of hydrogen-bond donors (Lipinski definition) is 2. The lowest BCUT2D eigenvalue weighted by Gasteiger charge is -2.26. The van der Waals surface area contributed by atoms with Crippen LogP contribution in [0.1, 0.15) is 37.0 Å². The van der Waals surface area contributed by atoms with E-state index in [-0.39, 0.29) is 37.4 Å². The van der Waals surface area contributed by atoms with E-state index in [9.17, 15) is 14.4 Å². The molecule has 2 aromatic carbocycles. The van der Waals surface area contributed by atoms with Gasteiger partial charge in [-0.1, -0.05) is 26.0 Å². The maximum absolute atomic E-state index is 14.0. The van der Waals surface area contributed by atoms with Crippen molar-refractivity contribution < 1.29 is 23.9 Å². The lowest BCUT2D eigenvalue weighted by molar-refractivity contribution is -0.130. The van der Waals surface area contributed by atoms with Crippen molar-refractivity contribution in [2.24, 2.45) is 5.92 Å². The number of ether oxygens (including phenoxy) is 2. The molecule has 1 aliphatic heterocycles. The number of aryl methyl sites for hydroxylation is 1. The molecule has 0 saturated heterocycles. The van der Waals surface area contributed by atoms with Gasteiger partial charge < -0.3 is 29.6 Å². The van der Waals surface area contributed by atoms with Gasteiger partial charge in [0.15, 0.2) is 11.5 Å². The molecule has 2 bridgehead atoms. The highest BCUT2D eigenvalue weighted by atomic mass is 16.5. The predicted octanol–water partition coefficient (Wildman–Crippen LogP) is 2.71. The fourth-order valence-corrected chi connectivity index (χ4v) is 5.22. The van der Waals surface area contributed by atoms with Crippen molar-refractivity contribution in [3.8, 4) is 28.6 Å². The predicted molar refractivity (Wildman–Crippen MR) is 166 cm³/mol. The van der Waals surface area contributed by atoms with Crippen LogP contribution >= 0.6 is 0 Å². The van der Waals surface area contributed by atoms with E-state index < -0.39 is 11.9 Å². The molecule has 4 aromatic rings. The number of methoxy groups -OCH3 is 1. The van der Waals surface area contributed by atoms with Crippen molar-refractivity contribution >= 4 is 17.7 Å². The molecule has 0 unspecified atom stereocenters. The fourth-order valence-electron chi connectivity index (χ4n) is 5.22. The first-order valence-electron chi connectivity index (χ1n) is 15.0. The normalized spacial score (nSPS) is 16.8. The van der Waals surface area contributed by atoms with Crippen molar-refractivity contribution in [3.05, 3.63) is 73.1 Å². The Morgan fingerprint density at radius 2 is 1.96 bits per heavy atom. The van der Waals surface area contributed by atoms with Crippen LogP contribution in [0.15, 0.2) is 67.5 Å². The second-order valence-electron chi connectivity index (χ2n) is 11.0. The number of rotatable bonds is 4. The molecular formula is C32H38N8O5. The lowest BCUT2D eigenvalue weighted by Crippen LogP contribution is -2.52. The zero-order valence-corrected chi connectivity index (χ0v) is 25.7. The first kappa shape index (κ1) is 31.2. The number of aromatic nitrogens is 5. The van der Waals surface area contributed by atoms with Crippen LogP contribution in [-0.2, 0) is 16.1 Å². The summed E-state index contributed by atoms with van der Waals surface area (Å²) in [7, 11) is 1.58. The zero-order chi connectivity index (χ0) is 31.8. The number of fused-ring (bicyclic) bond motifs is 4. The molecule has 1 atom stereocenters. The smallest absolute Gasteiger partial charge is 0.256 e. The van der Waals surface area contributed by atoms with Crippen LogP contribution in [0.2, 0.25) is 0 Å². The number of carbonyl (C=O) groups is 3. The van der Waals surface area contributed by atoms with Crippen LogP contribution < -0.4 is 20.1 Å². The van der Waals surface area contributed by atoms with Gasteiger partial charge in [-0.2, -0.15) is 5.10 Å². The highest BCUT2D eigenvalue weighted by Crippen LogP contribution is 2.32. The van der Waals surface area contributed by atoms with Crippen LogP contribution in [-0.4, -0.2) is 86.3 Å². The Kier molecular flexibility index (Phi) is 10.1. The Hall–Kier alpha value is -5.20. The molecule has 1 aliphatic rings. The second-order valence-corrected chi connectivity index (χ2v) is 11.0. The molecule has 3 heterocycles. The molecule has 2 N–H and O–H groups in total. The Bertz CT molecular complexity index is 1620. The van der Waals surface area contributed by atoms with Crippen molar-refractivity contribution in [2.75, 3.05) is 33.4 Å². The van der Waals surface area contributed by atoms with E-state index in [0.717, 1.165) is 11.4 Å². The van der Waals surface area contributed by atoms with Crippen LogP contribution in [0.25, 0.3) is 17.1 Å². The van der Waals surface area contributed by atoms with Crippen molar-refractivity contribution in [2.45, 2.75) is 39.3 Å². The molecule has 45 heavy (non-hydrogen) atoms. The number of nitrogens with one attached hydrogen (secondary N) is 2. The summed E-state index contributed by atoms with van der Waals surface area (Å²) in [6.45, 7) is 4.99. The van der Waals surface area contributed by atoms with Gasteiger partial charge in [-0.15, -0.1) is 0 Å². The number of nitrogens with zero attached hydrogens (tertiary/aromatic N) is 6. The number of carbonyl (C=O) groups excluding carboxylic acids is 3. The first-order valence-corrected chi connectivity index (χ1v) is 15.0. The average molecular weight is 615 g/mol. The van der Waals surface area contributed by atoms with E-state index in [2.05, 4.69) is 25.7 Å². The minimum Gasteiger partial charge on any atom is -0.493 e. The maximum atomic E-state index is 14.0. The largest absolute Gasteiger partial charge is 0.493 e. The van der Waals surface area contributed by atoms with Gasteiger partial charge in [-0.05, 0) is 49.1 Å². The van der Waals surface area contributed by atoms with Gasteiger partial charge in [0, 0.05) is 37.6 Å². The molecule has 0 fully saturated rings. The summed E-state index contributed by atoms with van der Waals surface area (Å²) in [6.07, 6.45) is 7.60. The summed E-state index contributed by atoms with van der Waals surface area (Å²) in [5.41, 5.74) is 1.75. The third-order valence-corrected chi connectivity index (χ3v) is 7.53. The third-order valence-electron chi connectivity index (χ3n) is 7.53. The van der Waals surface area contributed by atoms with E-state index >= 15 is 0 Å². The third kappa shape index (κ3) is 7.48. The quantitative estimate of drug-likeness (QED) is 0.357. The van der Waals surface area contributed by atoms with Crippen molar-refractivity contribution in [1.82, 2.24) is 39.8 Å². The summed E-state index contributed by atoms with van der Waals surface area (Å²) in [4.78, 5) is 50.5. The molecule has 5 rings (SSSR count). The number of amides is 3. The molecule has 2 aromatic heterocycles. The summed E-state index contributed by atoms with van der Waals surface area (Å²) in [6, 6.07) is 11.9. The van der Waals surface area contributed by atoms with E-state index in [1.165, 1.54) is 22.2 Å². The van der Waals surface area contributed by atoms with Gasteiger partial charge in [0.1, 0.15) is 24.5 Å². The highest BCUT2D eigenvalue weighted by Gasteiger charge is 2.27. The summed E-state index contributed by atoms with van der Waals surface area (Å²) in [5.74, 6) is 0.633. The molecule has 0 saturated carbocycles. The molecular weight excluding hydrogens is 576 g/mol. The van der Waals surface area contributed by atoms with Crippen molar-refractivity contribution in [3.63, 3.8) is 0 Å². The molecule has 0 radical (unpaired) electrons. The second kappa shape index (κ2) is 14.5. The van der Waals surface area contributed by atoms with Crippen LogP contribution in [0.3, 0.4) is 0 Å². The number of hydrogen-bond acceptors (Lipinski definition) is 8. The summed E-state index contributed by atoms with van der Waals surface area (Å²) < 4.78 is 15.2. The minimum atomic E-state index is -0.764. The Labute approximate surface area is 261 Å². The van der Waals surface area contributed by atoms with E-state index in [0.29, 0.717) is 48.7 Å². The van der Waals surface area contributed by atoms with Crippen LogP contribution in [0, 0.1) is 5.92 Å². The van der Waals surface area contributed by atoms with E-state index in [1.807, 2.05) is 42.8 Å². The zero-order valence-electron chi connectivity index (χ0n) is 25.7. The number of benzene rings is 2. The summed E-state index contributed by atoms with van der Waals surface area (Å²) >= 11 is 0. The Morgan fingerprint density at radius 3 is 2.73 bits per heavy atom. The van der Waals surface area contributed by atoms with Gasteiger partial charge in [-0.25, -0.2) is 14.6 Å². The van der Waals surface area contributed by atoms with E-state index in [1.54, 1.807) is 37.6 Å². The molecule has 0 spiro atoms. The monoisotopic (exact) mass is 614 g/mol. The Morgan fingerprint density at radius 1 is 1.11 bits per heavy atom. The summed E-state index contributed by atoms with van der Waals surface area (Å²) in [5, 5.41) is 9.99. The fraction of sp³-hybridized carbons (Fsp3) is 0.375. The van der Waals surface area contributed by atoms with Crippen molar-refractivity contribution in [1.29, 1.82) is 0 Å². The number of imidazole rings is 1. The average Bonchev–Trinajstić information content (AvgIpc) is 3.75. The number of para-hydroxylation sites is 1. The first-order chi connectivity index (χ1) is 21.9. The van der Waals surface area contributed by atoms with Gasteiger partial charge in [0.2, 0.25) is 11.8 Å². The Balaban J connectivity index is 1.44. The lowest BCUT2D eigenvalue weighted by atomic mass is 10.0. The topological polar surface area (TPSA) is 146 Å². The maximum Gasteiger partial charge on any atom is 0.256 e. The molecule has 13 nitrogen and oxygen atoms in total. The molecule has 0 aliphatic carbocycles. The SMILES string of the molecule is COc1ccc2cc1OCCCN(C(=O)c1ccccc1-n1cncn1)CC(=O)N[C@H](C(C)C)C(=O)NCCCn1ccnc1-2. The standard InChI is InChI=1S/C32H38N8O5/c1-22(2)29-31(42)35-12-6-14-38-16-13-34-30(38)23-10-11-26(44-3)27(18-23)45-17-7-15-39(19-28(41)37-29)32(43)24-8-4-5-9-25(24)40-21-33-20-36-40/h4-5,8-11,13,16,18,20-22,29H,6-7,12,14-15,17,19H2,1-3H3,(H,35,42)(H,37,41)/t29-/m1/s1. The van der Waals surface area contributed by atoms with Crippen LogP contribution in [0.4, 0.5) is 0 Å². The van der Waals surface area contributed by atoms with Crippen LogP contribution in [0.5, 0.6) is 11.5 Å². The van der Waals surface area contributed by atoms with Gasteiger partial charge in [0.25, 0.3) is 5.91 Å². The highest BCUT2D eigenvalue weighted by molar-refractivity contribution is 6.00. The van der Waals surface area contributed by atoms with Gasteiger partial charge in [-0.3, -0.25) is 14.4 Å². The minimum absolute atomic E-state index is 0.171. The van der Waals surface area contributed by atoms with Gasteiger partial charge >= 0.3 is 0 Å². The molecule has 236 valence electrons. The molecule has 13 heteroatoms.